The predicted octanol–water partition coefficient (Wildman–Crippen LogP) is 1.95. The van der Waals surface area contributed by atoms with Crippen LogP contribution in [-0.2, 0) is 14.2 Å². The summed E-state index contributed by atoms with van der Waals surface area (Å²) in [5, 5.41) is 0. The third kappa shape index (κ3) is 1.61. The minimum Gasteiger partial charge on any atom is -0.384 e. The second kappa shape index (κ2) is 3.72. The first-order valence-electron chi connectivity index (χ1n) is 6.11. The summed E-state index contributed by atoms with van der Waals surface area (Å²) in [6.07, 6.45) is 6.48. The van der Waals surface area contributed by atoms with E-state index in [1.54, 1.807) is 7.11 Å². The van der Waals surface area contributed by atoms with Crippen molar-refractivity contribution in [3.8, 4) is 0 Å². The van der Waals surface area contributed by atoms with Crippen LogP contribution in [0.5, 0.6) is 0 Å². The van der Waals surface area contributed by atoms with Gasteiger partial charge in [0, 0.05) is 20.1 Å². The van der Waals surface area contributed by atoms with Gasteiger partial charge in [0.2, 0.25) is 0 Å². The molecule has 1 aliphatic carbocycles. The molecule has 0 spiro atoms. The van der Waals surface area contributed by atoms with Crippen molar-refractivity contribution in [3.63, 3.8) is 0 Å². The molecule has 4 aliphatic rings. The molecule has 3 heteroatoms. The van der Waals surface area contributed by atoms with Gasteiger partial charge in [0.05, 0.1) is 6.61 Å². The quantitative estimate of drug-likeness (QED) is 0.715. The van der Waals surface area contributed by atoms with Crippen LogP contribution >= 0.6 is 0 Å². The molecule has 15 heavy (non-hydrogen) atoms. The van der Waals surface area contributed by atoms with Crippen molar-refractivity contribution >= 4 is 0 Å². The number of ether oxygens (including phenoxy) is 3. The Morgan fingerprint density at radius 2 is 2.00 bits per heavy atom. The van der Waals surface area contributed by atoms with E-state index >= 15 is 0 Å². The summed E-state index contributed by atoms with van der Waals surface area (Å²) < 4.78 is 16.6. The zero-order valence-electron chi connectivity index (χ0n) is 9.41. The molecule has 0 aromatic carbocycles. The van der Waals surface area contributed by atoms with Crippen LogP contribution in [-0.4, -0.2) is 32.2 Å². The van der Waals surface area contributed by atoms with Gasteiger partial charge in [-0.2, -0.15) is 0 Å². The maximum absolute atomic E-state index is 5.82. The third-order valence-corrected chi connectivity index (χ3v) is 4.39. The molecular weight excluding hydrogens is 192 g/mol. The summed E-state index contributed by atoms with van der Waals surface area (Å²) in [5.74, 6) is 1.52. The lowest BCUT2D eigenvalue weighted by Gasteiger charge is -2.44. The number of rotatable bonds is 3. The lowest BCUT2D eigenvalue weighted by molar-refractivity contribution is -0.219. The fraction of sp³-hybridized carbons (Fsp3) is 1.00. The maximum atomic E-state index is 5.82. The van der Waals surface area contributed by atoms with Crippen LogP contribution in [0.25, 0.3) is 0 Å². The van der Waals surface area contributed by atoms with Gasteiger partial charge in [0.1, 0.15) is 5.60 Å². The Balaban J connectivity index is 1.54. The second-order valence-corrected chi connectivity index (χ2v) is 5.30. The zero-order valence-corrected chi connectivity index (χ0v) is 9.41. The van der Waals surface area contributed by atoms with Gasteiger partial charge in [-0.3, -0.25) is 0 Å². The topological polar surface area (TPSA) is 27.7 Å². The molecule has 0 N–H and O–H groups in total. The third-order valence-electron chi connectivity index (χ3n) is 4.39. The summed E-state index contributed by atoms with van der Waals surface area (Å²) in [4.78, 5) is 0. The Morgan fingerprint density at radius 3 is 2.53 bits per heavy atom. The van der Waals surface area contributed by atoms with E-state index in [9.17, 15) is 0 Å². The summed E-state index contributed by atoms with van der Waals surface area (Å²) in [6, 6.07) is 0. The largest absolute Gasteiger partial charge is 0.384 e. The monoisotopic (exact) mass is 212 g/mol. The molecule has 3 aliphatic heterocycles. The molecule has 3 heterocycles. The van der Waals surface area contributed by atoms with Crippen LogP contribution in [0.4, 0.5) is 0 Å². The van der Waals surface area contributed by atoms with Crippen molar-refractivity contribution in [3.05, 3.63) is 0 Å². The highest BCUT2D eigenvalue weighted by Crippen LogP contribution is 2.51. The van der Waals surface area contributed by atoms with Crippen molar-refractivity contribution in [2.45, 2.75) is 44.0 Å². The van der Waals surface area contributed by atoms with E-state index in [4.69, 9.17) is 14.2 Å². The molecule has 4 fully saturated rings. The molecule has 0 aromatic rings. The van der Waals surface area contributed by atoms with Gasteiger partial charge >= 0.3 is 0 Å². The average molecular weight is 212 g/mol. The van der Waals surface area contributed by atoms with Crippen LogP contribution < -0.4 is 0 Å². The highest BCUT2D eigenvalue weighted by molar-refractivity contribution is 5.02. The molecule has 1 saturated carbocycles. The van der Waals surface area contributed by atoms with Crippen molar-refractivity contribution in [1.82, 2.24) is 0 Å². The number of hydrogen-bond acceptors (Lipinski definition) is 3. The van der Waals surface area contributed by atoms with E-state index in [2.05, 4.69) is 0 Å². The highest BCUT2D eigenvalue weighted by Gasteiger charge is 2.57. The van der Waals surface area contributed by atoms with E-state index < -0.39 is 0 Å². The van der Waals surface area contributed by atoms with E-state index in [1.165, 1.54) is 25.7 Å². The van der Waals surface area contributed by atoms with Gasteiger partial charge in [-0.25, -0.2) is 0 Å². The first kappa shape index (κ1) is 10.1. The molecule has 2 bridgehead atoms. The van der Waals surface area contributed by atoms with Gasteiger partial charge < -0.3 is 14.2 Å². The van der Waals surface area contributed by atoms with Crippen LogP contribution in [0.1, 0.15) is 32.1 Å². The van der Waals surface area contributed by atoms with Crippen LogP contribution in [0.3, 0.4) is 0 Å². The van der Waals surface area contributed by atoms with E-state index in [0.29, 0.717) is 0 Å². The Hall–Kier alpha value is -0.120. The van der Waals surface area contributed by atoms with Crippen molar-refractivity contribution in [2.24, 2.45) is 11.8 Å². The molecule has 0 amide bonds. The molecule has 0 aromatic heterocycles. The number of methoxy groups -OCH3 is 1. The maximum Gasteiger partial charge on any atom is 0.161 e. The van der Waals surface area contributed by atoms with Crippen molar-refractivity contribution in [1.29, 1.82) is 0 Å². The highest BCUT2D eigenvalue weighted by atomic mass is 16.8. The molecule has 86 valence electrons. The second-order valence-electron chi connectivity index (χ2n) is 5.30. The average Bonchev–Trinajstić information content (AvgIpc) is 2.78. The number of fused-ring (bicyclic) bond motifs is 1. The first-order valence-corrected chi connectivity index (χ1v) is 6.11. The molecule has 3 saturated heterocycles. The van der Waals surface area contributed by atoms with Gasteiger partial charge in [0.25, 0.3) is 0 Å². The molecule has 3 nitrogen and oxygen atoms in total. The standard InChI is InChI=1S/C12H20O3/c1-13-7-9-2-4-10(5-3-9)12-6-11(15-12)14-8-12/h9-11H,2-8H2,1H3. The molecular formula is C12H20O3. The van der Waals surface area contributed by atoms with Gasteiger partial charge in [-0.15, -0.1) is 0 Å². The predicted molar refractivity (Wildman–Crippen MR) is 55.5 cm³/mol. The van der Waals surface area contributed by atoms with Crippen molar-refractivity contribution in [2.75, 3.05) is 20.3 Å². The molecule has 2 atom stereocenters. The molecule has 2 unspecified atom stereocenters. The minimum absolute atomic E-state index is 0.128. The number of hydrogen-bond donors (Lipinski definition) is 0. The minimum atomic E-state index is 0.128. The van der Waals surface area contributed by atoms with E-state index in [-0.39, 0.29) is 11.9 Å². The summed E-state index contributed by atoms with van der Waals surface area (Å²) in [6.45, 7) is 1.77. The van der Waals surface area contributed by atoms with Crippen LogP contribution in [0.15, 0.2) is 0 Å². The van der Waals surface area contributed by atoms with Gasteiger partial charge in [-0.05, 0) is 37.5 Å². The smallest absolute Gasteiger partial charge is 0.161 e. The van der Waals surface area contributed by atoms with E-state index in [1.807, 2.05) is 0 Å². The molecule has 0 radical (unpaired) electrons. The van der Waals surface area contributed by atoms with Crippen molar-refractivity contribution < 1.29 is 14.2 Å². The van der Waals surface area contributed by atoms with Gasteiger partial charge in [0.15, 0.2) is 6.29 Å². The summed E-state index contributed by atoms with van der Waals surface area (Å²) in [5.41, 5.74) is 0.128. The van der Waals surface area contributed by atoms with Crippen LogP contribution in [0.2, 0.25) is 0 Å². The molecule has 4 rings (SSSR count). The fourth-order valence-electron chi connectivity index (χ4n) is 3.43. The lowest BCUT2D eigenvalue weighted by atomic mass is 9.71. The summed E-state index contributed by atoms with van der Waals surface area (Å²) in [7, 11) is 1.80. The summed E-state index contributed by atoms with van der Waals surface area (Å²) >= 11 is 0. The lowest BCUT2D eigenvalue weighted by Crippen LogP contribution is -2.50. The van der Waals surface area contributed by atoms with Gasteiger partial charge in [-0.1, -0.05) is 0 Å². The fourth-order valence-corrected chi connectivity index (χ4v) is 3.43. The van der Waals surface area contributed by atoms with Crippen LogP contribution in [0, 0.1) is 11.8 Å². The Bertz CT molecular complexity index is 222. The normalized spacial score (nSPS) is 49.0. The Kier molecular flexibility index (Phi) is 2.49. The SMILES string of the molecule is COCC1CCC(C23COC(C2)O3)CC1. The zero-order chi connectivity index (χ0) is 10.3. The van der Waals surface area contributed by atoms with E-state index in [0.717, 1.165) is 31.5 Å². The first-order chi connectivity index (χ1) is 7.32. The Labute approximate surface area is 91.1 Å². The Morgan fingerprint density at radius 1 is 1.27 bits per heavy atom.